The highest BCUT2D eigenvalue weighted by Crippen LogP contribution is 2.22. The molecule has 0 aromatic carbocycles. The van der Waals surface area contributed by atoms with Crippen molar-refractivity contribution in [2.75, 3.05) is 11.9 Å². The van der Waals surface area contributed by atoms with Crippen LogP contribution in [0.3, 0.4) is 0 Å². The number of hydrogen-bond acceptors (Lipinski definition) is 6. The first-order chi connectivity index (χ1) is 11.3. The van der Waals surface area contributed by atoms with E-state index in [1.165, 1.54) is 0 Å². The van der Waals surface area contributed by atoms with Gasteiger partial charge in [-0.15, -0.1) is 15.3 Å². The Morgan fingerprint density at radius 2 is 2.04 bits per heavy atom. The van der Waals surface area contributed by atoms with E-state index in [-0.39, 0.29) is 11.1 Å². The number of rotatable bonds is 5. The van der Waals surface area contributed by atoms with E-state index >= 15 is 0 Å². The molecule has 0 bridgehead atoms. The van der Waals surface area contributed by atoms with Crippen molar-refractivity contribution < 1.29 is 13.3 Å². The van der Waals surface area contributed by atoms with E-state index in [0.29, 0.717) is 18.8 Å². The van der Waals surface area contributed by atoms with Crippen LogP contribution in [0.15, 0.2) is 22.7 Å². The lowest BCUT2D eigenvalue weighted by atomic mass is 9.93. The van der Waals surface area contributed by atoms with Gasteiger partial charge in [0.1, 0.15) is 11.6 Å². The van der Waals surface area contributed by atoms with Gasteiger partial charge in [0.05, 0.1) is 5.69 Å². The van der Waals surface area contributed by atoms with E-state index in [1.807, 2.05) is 6.07 Å². The van der Waals surface area contributed by atoms with Crippen LogP contribution in [0, 0.1) is 0 Å². The molecule has 3 aromatic heterocycles. The molecule has 9 heteroatoms. The molecular weight excluding hydrogens is 318 g/mol. The summed E-state index contributed by atoms with van der Waals surface area (Å²) in [4.78, 5) is 0. The summed E-state index contributed by atoms with van der Waals surface area (Å²) < 4.78 is 32.0. The van der Waals surface area contributed by atoms with Crippen molar-refractivity contribution in [1.29, 1.82) is 0 Å². The molecule has 0 aliphatic heterocycles. The standard InChI is InChI=1S/C15H18F2N6O/c1-15(2,3)10-8-9(22-24-10)6-7-18-11-4-5-12-19-20-14(13(16)17)23(12)21-11/h4-5,8,13H,6-7H2,1-3H3,(H,18,21). The van der Waals surface area contributed by atoms with Gasteiger partial charge in [-0.05, 0) is 12.1 Å². The average molecular weight is 336 g/mol. The van der Waals surface area contributed by atoms with Gasteiger partial charge in [-0.2, -0.15) is 4.52 Å². The van der Waals surface area contributed by atoms with Crippen molar-refractivity contribution in [2.45, 2.75) is 39.0 Å². The Bertz CT molecular complexity index is 836. The van der Waals surface area contributed by atoms with Gasteiger partial charge in [0.2, 0.25) is 5.82 Å². The maximum atomic E-state index is 12.8. The number of aromatic nitrogens is 5. The molecule has 0 saturated heterocycles. The highest BCUT2D eigenvalue weighted by Gasteiger charge is 2.19. The summed E-state index contributed by atoms with van der Waals surface area (Å²) in [7, 11) is 0. The van der Waals surface area contributed by atoms with Crippen molar-refractivity contribution in [3.05, 3.63) is 35.5 Å². The minimum absolute atomic E-state index is 0.0919. The van der Waals surface area contributed by atoms with Gasteiger partial charge >= 0.3 is 0 Å². The number of halogens is 2. The molecule has 0 unspecified atom stereocenters. The Labute approximate surface area is 137 Å². The van der Waals surface area contributed by atoms with Gasteiger partial charge in [0.15, 0.2) is 5.65 Å². The summed E-state index contributed by atoms with van der Waals surface area (Å²) in [5.74, 6) is 0.812. The predicted molar refractivity (Wildman–Crippen MR) is 83.1 cm³/mol. The molecule has 1 N–H and O–H groups in total. The molecule has 0 saturated carbocycles. The molecule has 0 aliphatic carbocycles. The molecule has 3 heterocycles. The second kappa shape index (κ2) is 6.14. The van der Waals surface area contributed by atoms with Crippen LogP contribution in [-0.2, 0) is 11.8 Å². The lowest BCUT2D eigenvalue weighted by Crippen LogP contribution is -2.10. The van der Waals surface area contributed by atoms with E-state index < -0.39 is 12.2 Å². The lowest BCUT2D eigenvalue weighted by molar-refractivity contribution is 0.137. The summed E-state index contributed by atoms with van der Waals surface area (Å²) in [5, 5.41) is 18.3. The van der Waals surface area contributed by atoms with Gasteiger partial charge in [-0.1, -0.05) is 25.9 Å². The smallest absolute Gasteiger partial charge is 0.299 e. The minimum atomic E-state index is -2.73. The monoisotopic (exact) mass is 336 g/mol. The van der Waals surface area contributed by atoms with Crippen LogP contribution in [0.25, 0.3) is 5.65 Å². The van der Waals surface area contributed by atoms with Crippen LogP contribution in [-0.4, -0.2) is 31.5 Å². The lowest BCUT2D eigenvalue weighted by Gasteiger charge is -2.12. The fourth-order valence-corrected chi connectivity index (χ4v) is 2.14. The zero-order valence-electron chi connectivity index (χ0n) is 13.6. The predicted octanol–water partition coefficient (Wildman–Crippen LogP) is 3.00. The van der Waals surface area contributed by atoms with Crippen LogP contribution in [0.5, 0.6) is 0 Å². The molecular formula is C15H18F2N6O. The molecule has 3 rings (SSSR count). The van der Waals surface area contributed by atoms with Crippen molar-refractivity contribution in [3.63, 3.8) is 0 Å². The first-order valence-corrected chi connectivity index (χ1v) is 7.55. The topological polar surface area (TPSA) is 81.1 Å². The van der Waals surface area contributed by atoms with Crippen molar-refractivity contribution in [2.24, 2.45) is 0 Å². The second-order valence-corrected chi connectivity index (χ2v) is 6.46. The third kappa shape index (κ3) is 3.34. The summed E-state index contributed by atoms with van der Waals surface area (Å²) >= 11 is 0. The number of anilines is 1. The van der Waals surface area contributed by atoms with Crippen LogP contribution < -0.4 is 5.32 Å². The van der Waals surface area contributed by atoms with Crippen molar-refractivity contribution >= 4 is 11.5 Å². The third-order valence-corrected chi connectivity index (χ3v) is 3.47. The average Bonchev–Trinajstić information content (AvgIpc) is 3.12. The molecule has 3 aromatic rings. The molecule has 128 valence electrons. The third-order valence-electron chi connectivity index (χ3n) is 3.47. The summed E-state index contributed by atoms with van der Waals surface area (Å²) in [5.41, 5.74) is 1.01. The molecule has 0 atom stereocenters. The van der Waals surface area contributed by atoms with E-state index in [0.717, 1.165) is 16.0 Å². The molecule has 24 heavy (non-hydrogen) atoms. The van der Waals surface area contributed by atoms with Crippen LogP contribution >= 0.6 is 0 Å². The van der Waals surface area contributed by atoms with E-state index in [9.17, 15) is 8.78 Å². The van der Waals surface area contributed by atoms with Crippen molar-refractivity contribution in [3.8, 4) is 0 Å². The first-order valence-electron chi connectivity index (χ1n) is 7.55. The highest BCUT2D eigenvalue weighted by atomic mass is 19.3. The molecule has 0 amide bonds. The van der Waals surface area contributed by atoms with Gasteiger partial charge < -0.3 is 9.84 Å². The van der Waals surface area contributed by atoms with Gasteiger partial charge in [0.25, 0.3) is 6.43 Å². The van der Waals surface area contributed by atoms with E-state index in [1.54, 1.807) is 12.1 Å². The van der Waals surface area contributed by atoms with Crippen LogP contribution in [0.4, 0.5) is 14.6 Å². The molecule has 0 spiro atoms. The number of alkyl halides is 2. The molecule has 0 radical (unpaired) electrons. The number of fused-ring (bicyclic) bond motifs is 1. The normalized spacial score (nSPS) is 12.2. The summed E-state index contributed by atoms with van der Waals surface area (Å²) in [6, 6.07) is 5.18. The Kier molecular flexibility index (Phi) is 4.16. The maximum absolute atomic E-state index is 12.8. The Balaban J connectivity index is 1.65. The zero-order valence-corrected chi connectivity index (χ0v) is 13.6. The largest absolute Gasteiger partial charge is 0.368 e. The van der Waals surface area contributed by atoms with Crippen molar-refractivity contribution in [1.82, 2.24) is 25.0 Å². The fourth-order valence-electron chi connectivity index (χ4n) is 2.14. The summed E-state index contributed by atoms with van der Waals surface area (Å²) in [6.45, 7) is 6.69. The van der Waals surface area contributed by atoms with Crippen LogP contribution in [0.1, 0.15) is 44.5 Å². The van der Waals surface area contributed by atoms with Gasteiger partial charge in [-0.3, -0.25) is 0 Å². The molecule has 0 fully saturated rings. The van der Waals surface area contributed by atoms with Gasteiger partial charge in [-0.25, -0.2) is 8.78 Å². The first kappa shape index (κ1) is 16.3. The fraction of sp³-hybridized carbons (Fsp3) is 0.467. The van der Waals surface area contributed by atoms with Gasteiger partial charge in [0, 0.05) is 24.4 Å². The number of nitrogens with one attached hydrogen (secondary N) is 1. The SMILES string of the molecule is CC(C)(C)c1cc(CCNc2ccc3nnc(C(F)F)n3n2)no1. The highest BCUT2D eigenvalue weighted by molar-refractivity contribution is 5.44. The summed E-state index contributed by atoms with van der Waals surface area (Å²) in [6.07, 6.45) is -2.10. The van der Waals surface area contributed by atoms with Crippen LogP contribution in [0.2, 0.25) is 0 Å². The Hall–Kier alpha value is -2.58. The number of hydrogen-bond donors (Lipinski definition) is 1. The Morgan fingerprint density at radius 1 is 1.25 bits per heavy atom. The minimum Gasteiger partial charge on any atom is -0.368 e. The second-order valence-electron chi connectivity index (χ2n) is 6.46. The maximum Gasteiger partial charge on any atom is 0.299 e. The van der Waals surface area contributed by atoms with E-state index in [2.05, 4.69) is 46.5 Å². The number of nitrogens with zero attached hydrogens (tertiary/aromatic N) is 5. The Morgan fingerprint density at radius 3 is 2.71 bits per heavy atom. The molecule has 7 nitrogen and oxygen atoms in total. The zero-order chi connectivity index (χ0) is 17.3. The molecule has 0 aliphatic rings. The van der Waals surface area contributed by atoms with E-state index in [4.69, 9.17) is 4.52 Å². The quantitative estimate of drug-likeness (QED) is 0.771.